The first-order chi connectivity index (χ1) is 3.72. The number of ketones is 1. The first-order valence-electron chi connectivity index (χ1n) is 2.61. The first kappa shape index (κ1) is 7.63. The summed E-state index contributed by atoms with van der Waals surface area (Å²) in [5.41, 5.74) is 0. The van der Waals surface area contributed by atoms with Crippen LogP contribution in [-0.4, -0.2) is 19.0 Å². The Morgan fingerprint density at radius 2 is 2.38 bits per heavy atom. The fraction of sp³-hybridized carbons (Fsp3) is 0.667. The molecular weight excluding hydrogens is 104 g/mol. The minimum absolute atomic E-state index is 0.0486. The number of hydrogen-bond acceptors (Lipinski definition) is 2. The molecule has 0 aromatic rings. The molecule has 0 spiro atoms. The summed E-state index contributed by atoms with van der Waals surface area (Å²) in [6.45, 7) is 5.25. The van der Waals surface area contributed by atoms with Gasteiger partial charge in [-0.2, -0.15) is 0 Å². The summed E-state index contributed by atoms with van der Waals surface area (Å²) in [5.74, 6) is 0.0486. The Morgan fingerprint density at radius 1 is 1.88 bits per heavy atom. The molecule has 0 aliphatic rings. The molecule has 1 unspecified atom stereocenters. The Hall–Kier alpha value is -0.370. The zero-order valence-electron chi connectivity index (χ0n) is 5.31. The van der Waals surface area contributed by atoms with Crippen LogP contribution >= 0.6 is 0 Å². The largest absolute Gasteiger partial charge is 0.374 e. The summed E-state index contributed by atoms with van der Waals surface area (Å²) >= 11 is 0. The van der Waals surface area contributed by atoms with Gasteiger partial charge in [0.05, 0.1) is 0 Å². The van der Waals surface area contributed by atoms with Crippen molar-refractivity contribution in [1.82, 2.24) is 0 Å². The van der Waals surface area contributed by atoms with E-state index in [4.69, 9.17) is 0 Å². The van der Waals surface area contributed by atoms with Gasteiger partial charge in [0.1, 0.15) is 6.10 Å². The van der Waals surface area contributed by atoms with Crippen LogP contribution in [0, 0.1) is 6.92 Å². The molecule has 0 saturated carbocycles. The second kappa shape index (κ2) is 3.61. The standard InChI is InChI=1S/C6H11O2/c1-4-6(7)5(2)8-3/h5H,2,4H2,1,3H3. The number of carbonyl (C=O) groups excluding carboxylic acids is 1. The summed E-state index contributed by atoms with van der Waals surface area (Å²) < 4.78 is 4.64. The van der Waals surface area contributed by atoms with Crippen molar-refractivity contribution in [2.45, 2.75) is 19.4 Å². The van der Waals surface area contributed by atoms with Gasteiger partial charge in [-0.25, -0.2) is 0 Å². The average Bonchev–Trinajstić information content (AvgIpc) is 1.84. The van der Waals surface area contributed by atoms with E-state index in [9.17, 15) is 4.79 Å². The van der Waals surface area contributed by atoms with Gasteiger partial charge in [-0.3, -0.25) is 4.79 Å². The number of ether oxygens (including phenoxy) is 1. The average molecular weight is 115 g/mol. The summed E-state index contributed by atoms with van der Waals surface area (Å²) in [7, 11) is 1.48. The molecule has 0 saturated heterocycles. The maximum Gasteiger partial charge on any atom is 0.161 e. The van der Waals surface area contributed by atoms with E-state index in [1.807, 2.05) is 0 Å². The zero-order valence-corrected chi connectivity index (χ0v) is 5.31. The van der Waals surface area contributed by atoms with Crippen molar-refractivity contribution in [1.29, 1.82) is 0 Å². The molecule has 0 N–H and O–H groups in total. The monoisotopic (exact) mass is 115 g/mol. The normalized spacial score (nSPS) is 13.4. The third-order valence-corrected chi connectivity index (χ3v) is 0.992. The van der Waals surface area contributed by atoms with Crippen LogP contribution in [-0.2, 0) is 9.53 Å². The van der Waals surface area contributed by atoms with E-state index in [-0.39, 0.29) is 5.78 Å². The van der Waals surface area contributed by atoms with Gasteiger partial charge in [0.2, 0.25) is 0 Å². The van der Waals surface area contributed by atoms with E-state index in [2.05, 4.69) is 11.7 Å². The predicted molar refractivity (Wildman–Crippen MR) is 31.5 cm³/mol. The van der Waals surface area contributed by atoms with E-state index < -0.39 is 6.10 Å². The molecule has 0 amide bonds. The van der Waals surface area contributed by atoms with Gasteiger partial charge < -0.3 is 4.74 Å². The Bertz CT molecular complexity index is 78.6. The summed E-state index contributed by atoms with van der Waals surface area (Å²) in [5, 5.41) is 0. The molecule has 0 rings (SSSR count). The predicted octanol–water partition coefficient (Wildman–Crippen LogP) is 0.815. The lowest BCUT2D eigenvalue weighted by atomic mass is 10.2. The molecule has 0 bridgehead atoms. The van der Waals surface area contributed by atoms with Gasteiger partial charge in [0, 0.05) is 13.5 Å². The molecule has 0 aliphatic heterocycles. The third kappa shape index (κ3) is 2.07. The van der Waals surface area contributed by atoms with Gasteiger partial charge in [-0.1, -0.05) is 6.92 Å². The van der Waals surface area contributed by atoms with Crippen molar-refractivity contribution >= 4 is 5.78 Å². The Morgan fingerprint density at radius 3 is 2.50 bits per heavy atom. The maximum atomic E-state index is 10.6. The second-order valence-electron chi connectivity index (χ2n) is 1.54. The van der Waals surface area contributed by atoms with Gasteiger partial charge in [-0.15, -0.1) is 0 Å². The van der Waals surface area contributed by atoms with E-state index >= 15 is 0 Å². The van der Waals surface area contributed by atoms with E-state index in [1.165, 1.54) is 7.11 Å². The van der Waals surface area contributed by atoms with Crippen molar-refractivity contribution in [2.75, 3.05) is 7.11 Å². The highest BCUT2D eigenvalue weighted by atomic mass is 16.5. The van der Waals surface area contributed by atoms with Crippen LogP contribution in [0.15, 0.2) is 0 Å². The van der Waals surface area contributed by atoms with Crippen LogP contribution in [0.5, 0.6) is 0 Å². The Balaban J connectivity index is 3.46. The minimum atomic E-state index is -0.472. The molecular formula is C6H11O2. The quantitative estimate of drug-likeness (QED) is 0.544. The highest BCUT2D eigenvalue weighted by Gasteiger charge is 2.06. The molecule has 8 heavy (non-hydrogen) atoms. The summed E-state index contributed by atoms with van der Waals surface area (Å²) in [6, 6.07) is 0. The SMILES string of the molecule is [CH2]C(OC)C(=O)CC. The van der Waals surface area contributed by atoms with Crippen LogP contribution in [0.3, 0.4) is 0 Å². The molecule has 0 aromatic heterocycles. The molecule has 2 heteroatoms. The third-order valence-electron chi connectivity index (χ3n) is 0.992. The molecule has 0 aliphatic carbocycles. The molecule has 1 atom stereocenters. The highest BCUT2D eigenvalue weighted by molar-refractivity contribution is 5.83. The second-order valence-corrected chi connectivity index (χ2v) is 1.54. The number of Topliss-reactive ketones (excluding diaryl/α,β-unsaturated/α-hetero) is 1. The maximum absolute atomic E-state index is 10.6. The number of hydrogen-bond donors (Lipinski definition) is 0. The Labute approximate surface area is 49.8 Å². The van der Waals surface area contributed by atoms with Crippen molar-refractivity contribution in [3.63, 3.8) is 0 Å². The van der Waals surface area contributed by atoms with Crippen molar-refractivity contribution in [3.8, 4) is 0 Å². The molecule has 0 aromatic carbocycles. The lowest BCUT2D eigenvalue weighted by Gasteiger charge is -2.03. The molecule has 1 radical (unpaired) electrons. The van der Waals surface area contributed by atoms with Crippen LogP contribution in [0.2, 0.25) is 0 Å². The van der Waals surface area contributed by atoms with Crippen molar-refractivity contribution in [2.24, 2.45) is 0 Å². The number of rotatable bonds is 3. The van der Waals surface area contributed by atoms with Gasteiger partial charge in [0.15, 0.2) is 5.78 Å². The van der Waals surface area contributed by atoms with Crippen LogP contribution in [0.4, 0.5) is 0 Å². The summed E-state index contributed by atoms with van der Waals surface area (Å²) in [6.07, 6.45) is 0.0298. The number of carbonyl (C=O) groups is 1. The van der Waals surface area contributed by atoms with Gasteiger partial charge in [0.25, 0.3) is 0 Å². The van der Waals surface area contributed by atoms with Crippen molar-refractivity contribution < 1.29 is 9.53 Å². The Kier molecular flexibility index (Phi) is 3.44. The number of methoxy groups -OCH3 is 1. The van der Waals surface area contributed by atoms with Crippen LogP contribution in [0.1, 0.15) is 13.3 Å². The smallest absolute Gasteiger partial charge is 0.161 e. The topological polar surface area (TPSA) is 26.3 Å². The highest BCUT2D eigenvalue weighted by Crippen LogP contribution is 1.91. The molecule has 0 fully saturated rings. The van der Waals surface area contributed by atoms with E-state index in [0.717, 1.165) is 0 Å². The molecule has 0 heterocycles. The van der Waals surface area contributed by atoms with Gasteiger partial charge >= 0.3 is 0 Å². The van der Waals surface area contributed by atoms with Crippen LogP contribution in [0.25, 0.3) is 0 Å². The van der Waals surface area contributed by atoms with Crippen LogP contribution < -0.4 is 0 Å². The lowest BCUT2D eigenvalue weighted by molar-refractivity contribution is -0.126. The zero-order chi connectivity index (χ0) is 6.57. The fourth-order valence-corrected chi connectivity index (χ4v) is 0.359. The molecule has 47 valence electrons. The lowest BCUT2D eigenvalue weighted by Crippen LogP contribution is -2.17. The summed E-state index contributed by atoms with van der Waals surface area (Å²) in [4.78, 5) is 10.6. The minimum Gasteiger partial charge on any atom is -0.374 e. The van der Waals surface area contributed by atoms with E-state index in [0.29, 0.717) is 6.42 Å². The fourth-order valence-electron chi connectivity index (χ4n) is 0.359. The van der Waals surface area contributed by atoms with Crippen molar-refractivity contribution in [3.05, 3.63) is 6.92 Å². The first-order valence-corrected chi connectivity index (χ1v) is 2.61. The molecule has 2 nitrogen and oxygen atoms in total. The van der Waals surface area contributed by atoms with Gasteiger partial charge in [-0.05, 0) is 6.92 Å². The van der Waals surface area contributed by atoms with E-state index in [1.54, 1.807) is 6.92 Å².